The first-order valence-corrected chi connectivity index (χ1v) is 6.81. The smallest absolute Gasteiger partial charge is 0.323 e. The molecule has 1 heterocycles. The van der Waals surface area contributed by atoms with Crippen molar-refractivity contribution in [3.05, 3.63) is 23.8 Å². The van der Waals surface area contributed by atoms with Crippen molar-refractivity contribution in [1.82, 2.24) is 0 Å². The summed E-state index contributed by atoms with van der Waals surface area (Å²) in [5, 5.41) is 9.05. The minimum atomic E-state index is -0.998. The van der Waals surface area contributed by atoms with Gasteiger partial charge >= 0.3 is 5.97 Å². The third-order valence-electron chi connectivity index (χ3n) is 4.42. The van der Waals surface area contributed by atoms with Crippen molar-refractivity contribution in [1.29, 1.82) is 0 Å². The van der Waals surface area contributed by atoms with E-state index in [0.717, 1.165) is 31.2 Å². The Bertz CT molecular complexity index is 575. The third kappa shape index (κ3) is 1.69. The van der Waals surface area contributed by atoms with Gasteiger partial charge in [0, 0.05) is 6.07 Å². The quantitative estimate of drug-likeness (QED) is 0.915. The zero-order chi connectivity index (χ0) is 14.3. The third-order valence-corrected chi connectivity index (χ3v) is 4.42. The molecule has 0 saturated heterocycles. The van der Waals surface area contributed by atoms with E-state index in [2.05, 4.69) is 0 Å². The van der Waals surface area contributed by atoms with Gasteiger partial charge in [-0.2, -0.15) is 0 Å². The van der Waals surface area contributed by atoms with Crippen LogP contribution in [0.3, 0.4) is 0 Å². The van der Waals surface area contributed by atoms with E-state index in [1.165, 1.54) is 4.90 Å². The normalized spacial score (nSPS) is 19.4. The summed E-state index contributed by atoms with van der Waals surface area (Å²) in [5.41, 5.74) is 1.15. The predicted octanol–water partition coefficient (Wildman–Crippen LogP) is 1.94. The van der Waals surface area contributed by atoms with Crippen LogP contribution in [0.15, 0.2) is 18.2 Å². The lowest BCUT2D eigenvalue weighted by atomic mass is 9.80. The number of methoxy groups -OCH3 is 1. The van der Waals surface area contributed by atoms with Crippen molar-refractivity contribution in [2.45, 2.75) is 31.1 Å². The van der Waals surface area contributed by atoms with Gasteiger partial charge in [-0.3, -0.25) is 14.5 Å². The molecular weight excluding hydrogens is 258 g/mol. The Kier molecular flexibility index (Phi) is 2.92. The molecule has 1 aliphatic heterocycles. The molecule has 5 nitrogen and oxygen atoms in total. The molecule has 5 heteroatoms. The Hall–Kier alpha value is -2.04. The molecule has 0 unspecified atom stereocenters. The maximum absolute atomic E-state index is 12.7. The van der Waals surface area contributed by atoms with Crippen LogP contribution in [0.2, 0.25) is 0 Å². The summed E-state index contributed by atoms with van der Waals surface area (Å²) >= 11 is 0. The fourth-order valence-corrected chi connectivity index (χ4v) is 3.50. The highest BCUT2D eigenvalue weighted by Gasteiger charge is 2.52. The lowest BCUT2D eigenvalue weighted by Gasteiger charge is -2.22. The van der Waals surface area contributed by atoms with Gasteiger partial charge in [0.05, 0.1) is 18.2 Å². The highest BCUT2D eigenvalue weighted by molar-refractivity contribution is 6.10. The van der Waals surface area contributed by atoms with Crippen LogP contribution in [0, 0.1) is 0 Å². The summed E-state index contributed by atoms with van der Waals surface area (Å²) in [6.07, 6.45) is 3.64. The van der Waals surface area contributed by atoms with Crippen molar-refractivity contribution in [3.63, 3.8) is 0 Å². The van der Waals surface area contributed by atoms with Crippen LogP contribution in [0.4, 0.5) is 5.69 Å². The van der Waals surface area contributed by atoms with Gasteiger partial charge in [-0.1, -0.05) is 18.9 Å². The zero-order valence-electron chi connectivity index (χ0n) is 11.4. The van der Waals surface area contributed by atoms with E-state index >= 15 is 0 Å². The van der Waals surface area contributed by atoms with Crippen LogP contribution in [0.25, 0.3) is 0 Å². The number of carbonyl (C=O) groups excluding carboxylic acids is 1. The van der Waals surface area contributed by atoms with E-state index in [-0.39, 0.29) is 12.5 Å². The van der Waals surface area contributed by atoms with Gasteiger partial charge in [0.2, 0.25) is 5.91 Å². The fourth-order valence-electron chi connectivity index (χ4n) is 3.50. The number of anilines is 1. The van der Waals surface area contributed by atoms with Crippen LogP contribution in [-0.2, 0) is 15.0 Å². The van der Waals surface area contributed by atoms with Crippen molar-refractivity contribution in [3.8, 4) is 5.75 Å². The standard InChI is InChI=1S/C15H17NO4/c1-20-10-4-5-11-12(8-10)16(9-13(17)18)14(19)15(11)6-2-3-7-15/h4-5,8H,2-3,6-7,9H2,1H3,(H,17,18). The average Bonchev–Trinajstić information content (AvgIpc) is 3.00. The van der Waals surface area contributed by atoms with Gasteiger partial charge in [-0.15, -0.1) is 0 Å². The number of carboxylic acids is 1. The number of hydrogen-bond donors (Lipinski definition) is 1. The fraction of sp³-hybridized carbons (Fsp3) is 0.467. The zero-order valence-corrected chi connectivity index (χ0v) is 11.4. The molecule has 2 aliphatic rings. The largest absolute Gasteiger partial charge is 0.497 e. The molecule has 106 valence electrons. The topological polar surface area (TPSA) is 66.8 Å². The highest BCUT2D eigenvalue weighted by Crippen LogP contribution is 2.51. The first-order chi connectivity index (χ1) is 9.58. The molecule has 0 radical (unpaired) electrons. The predicted molar refractivity (Wildman–Crippen MR) is 73.1 cm³/mol. The molecule has 20 heavy (non-hydrogen) atoms. The van der Waals surface area contributed by atoms with Gasteiger partial charge in [0.15, 0.2) is 0 Å². The van der Waals surface area contributed by atoms with Crippen molar-refractivity contribution >= 4 is 17.6 Å². The molecular formula is C15H17NO4. The van der Waals surface area contributed by atoms with Gasteiger partial charge in [-0.25, -0.2) is 0 Å². The van der Waals surface area contributed by atoms with Crippen molar-refractivity contribution < 1.29 is 19.4 Å². The number of nitrogens with zero attached hydrogens (tertiary/aromatic N) is 1. The second-order valence-corrected chi connectivity index (χ2v) is 5.46. The Morgan fingerprint density at radius 2 is 2.10 bits per heavy atom. The van der Waals surface area contributed by atoms with Crippen LogP contribution < -0.4 is 9.64 Å². The molecule has 1 fully saturated rings. The summed E-state index contributed by atoms with van der Waals surface area (Å²) < 4.78 is 5.19. The van der Waals surface area contributed by atoms with E-state index < -0.39 is 11.4 Å². The number of fused-ring (bicyclic) bond motifs is 2. The summed E-state index contributed by atoms with van der Waals surface area (Å²) in [7, 11) is 1.56. The van der Waals surface area contributed by atoms with Gasteiger partial charge in [0.25, 0.3) is 0 Å². The van der Waals surface area contributed by atoms with Crippen LogP contribution >= 0.6 is 0 Å². The summed E-state index contributed by atoms with van der Waals surface area (Å²) in [6, 6.07) is 5.53. The number of carboxylic acid groups (broad SMARTS) is 1. The lowest BCUT2D eigenvalue weighted by Crippen LogP contribution is -2.40. The van der Waals surface area contributed by atoms with E-state index in [1.807, 2.05) is 12.1 Å². The molecule has 1 N–H and O–H groups in total. The molecule has 0 aromatic heterocycles. The monoisotopic (exact) mass is 275 g/mol. The van der Waals surface area contributed by atoms with Crippen molar-refractivity contribution in [2.24, 2.45) is 0 Å². The molecule has 0 atom stereocenters. The van der Waals surface area contributed by atoms with Gasteiger partial charge in [0.1, 0.15) is 12.3 Å². The van der Waals surface area contributed by atoms with Crippen LogP contribution in [0.1, 0.15) is 31.2 Å². The van der Waals surface area contributed by atoms with E-state index in [1.54, 1.807) is 13.2 Å². The molecule has 0 bridgehead atoms. The average molecular weight is 275 g/mol. The first-order valence-electron chi connectivity index (χ1n) is 6.81. The Balaban J connectivity index is 2.12. The minimum absolute atomic E-state index is 0.0688. The van der Waals surface area contributed by atoms with Crippen molar-refractivity contribution in [2.75, 3.05) is 18.6 Å². The molecule has 1 amide bonds. The Morgan fingerprint density at radius 3 is 2.70 bits per heavy atom. The molecule has 1 aromatic carbocycles. The number of aliphatic carboxylic acids is 1. The molecule has 1 aromatic rings. The Morgan fingerprint density at radius 1 is 1.40 bits per heavy atom. The van der Waals surface area contributed by atoms with E-state index in [4.69, 9.17) is 9.84 Å². The second kappa shape index (κ2) is 4.51. The number of amides is 1. The van der Waals surface area contributed by atoms with Gasteiger partial charge in [-0.05, 0) is 24.5 Å². The van der Waals surface area contributed by atoms with Gasteiger partial charge < -0.3 is 9.84 Å². The number of carbonyl (C=O) groups is 2. The number of rotatable bonds is 3. The maximum atomic E-state index is 12.7. The molecule has 3 rings (SSSR count). The van der Waals surface area contributed by atoms with E-state index in [9.17, 15) is 9.59 Å². The SMILES string of the molecule is COc1ccc2c(c1)N(CC(=O)O)C(=O)C21CCCC1. The van der Waals surface area contributed by atoms with Crippen LogP contribution in [-0.4, -0.2) is 30.6 Å². The Labute approximate surface area is 117 Å². The molecule has 1 saturated carbocycles. The van der Waals surface area contributed by atoms with E-state index in [0.29, 0.717) is 11.4 Å². The molecule has 1 aliphatic carbocycles. The number of hydrogen-bond acceptors (Lipinski definition) is 3. The number of benzene rings is 1. The number of ether oxygens (including phenoxy) is 1. The lowest BCUT2D eigenvalue weighted by molar-refractivity contribution is -0.137. The summed E-state index contributed by atoms with van der Waals surface area (Å²) in [5.74, 6) is -0.426. The summed E-state index contributed by atoms with van der Waals surface area (Å²) in [6.45, 7) is -0.291. The minimum Gasteiger partial charge on any atom is -0.497 e. The second-order valence-electron chi connectivity index (χ2n) is 5.46. The molecule has 1 spiro atoms. The maximum Gasteiger partial charge on any atom is 0.323 e. The summed E-state index contributed by atoms with van der Waals surface area (Å²) in [4.78, 5) is 25.2. The first kappa shape index (κ1) is 13.0. The highest BCUT2D eigenvalue weighted by atomic mass is 16.5. The van der Waals surface area contributed by atoms with Crippen LogP contribution in [0.5, 0.6) is 5.75 Å².